The van der Waals surface area contributed by atoms with E-state index in [2.05, 4.69) is 27.0 Å². The molecule has 0 amide bonds. The Labute approximate surface area is 122 Å². The lowest BCUT2D eigenvalue weighted by Gasteiger charge is -2.07. The van der Waals surface area contributed by atoms with Crippen molar-refractivity contribution in [2.45, 2.75) is 12.1 Å². The number of ether oxygens (including phenoxy) is 2. The minimum Gasteiger partial charge on any atom is -0.497 e. The van der Waals surface area contributed by atoms with E-state index in [4.69, 9.17) is 9.47 Å². The lowest BCUT2D eigenvalue weighted by molar-refractivity contribution is 0.395. The summed E-state index contributed by atoms with van der Waals surface area (Å²) in [5.41, 5.74) is 0.842. The number of H-pyrrole nitrogens is 1. The molecule has 104 valence electrons. The first kappa shape index (κ1) is 14.3. The highest BCUT2D eigenvalue weighted by atomic mass is 32.2. The SMILES string of the molecule is CC#CCSc1n[nH]c(-c2ccc(OC)cc2OC)n1. The van der Waals surface area contributed by atoms with Gasteiger partial charge in [-0.3, -0.25) is 5.10 Å². The van der Waals surface area contributed by atoms with Crippen molar-refractivity contribution >= 4 is 11.8 Å². The van der Waals surface area contributed by atoms with E-state index < -0.39 is 0 Å². The minimum absolute atomic E-state index is 0.663. The number of hydrogen-bond donors (Lipinski definition) is 1. The van der Waals surface area contributed by atoms with E-state index in [0.29, 0.717) is 22.5 Å². The van der Waals surface area contributed by atoms with E-state index in [1.807, 2.05) is 25.1 Å². The monoisotopic (exact) mass is 289 g/mol. The second-order valence-electron chi connectivity index (χ2n) is 3.75. The van der Waals surface area contributed by atoms with Crippen molar-refractivity contribution in [2.75, 3.05) is 20.0 Å². The summed E-state index contributed by atoms with van der Waals surface area (Å²) in [5.74, 6) is 8.56. The van der Waals surface area contributed by atoms with Gasteiger partial charge in [-0.05, 0) is 19.1 Å². The molecular weight excluding hydrogens is 274 g/mol. The number of aromatic amines is 1. The highest BCUT2D eigenvalue weighted by Gasteiger charge is 2.12. The maximum Gasteiger partial charge on any atom is 0.209 e. The zero-order valence-electron chi connectivity index (χ0n) is 11.6. The number of aromatic nitrogens is 3. The first-order valence-corrected chi connectivity index (χ1v) is 6.94. The van der Waals surface area contributed by atoms with Crippen LogP contribution < -0.4 is 9.47 Å². The van der Waals surface area contributed by atoms with Crippen molar-refractivity contribution in [1.29, 1.82) is 0 Å². The number of nitrogens with zero attached hydrogens (tertiary/aromatic N) is 2. The summed E-state index contributed by atoms with van der Waals surface area (Å²) in [6.07, 6.45) is 0. The molecule has 2 aromatic rings. The number of nitrogens with one attached hydrogen (secondary N) is 1. The van der Waals surface area contributed by atoms with Crippen LogP contribution in [-0.4, -0.2) is 35.2 Å². The van der Waals surface area contributed by atoms with Gasteiger partial charge in [0.25, 0.3) is 0 Å². The van der Waals surface area contributed by atoms with Crippen molar-refractivity contribution in [3.63, 3.8) is 0 Å². The van der Waals surface area contributed by atoms with Gasteiger partial charge >= 0.3 is 0 Å². The summed E-state index contributed by atoms with van der Waals surface area (Å²) in [7, 11) is 3.23. The van der Waals surface area contributed by atoms with Gasteiger partial charge in [0.15, 0.2) is 5.82 Å². The normalized spacial score (nSPS) is 9.75. The first-order valence-electron chi connectivity index (χ1n) is 5.95. The molecule has 0 aliphatic heterocycles. The van der Waals surface area contributed by atoms with Gasteiger partial charge in [-0.25, -0.2) is 4.98 Å². The van der Waals surface area contributed by atoms with Crippen molar-refractivity contribution in [1.82, 2.24) is 15.2 Å². The number of hydrogen-bond acceptors (Lipinski definition) is 5. The maximum atomic E-state index is 5.35. The fraction of sp³-hybridized carbons (Fsp3) is 0.286. The topological polar surface area (TPSA) is 60.0 Å². The van der Waals surface area contributed by atoms with Gasteiger partial charge in [0.05, 0.1) is 25.5 Å². The Morgan fingerprint density at radius 2 is 2.15 bits per heavy atom. The van der Waals surface area contributed by atoms with Crippen molar-refractivity contribution < 1.29 is 9.47 Å². The van der Waals surface area contributed by atoms with E-state index in [-0.39, 0.29) is 0 Å². The molecule has 0 spiro atoms. The summed E-state index contributed by atoms with van der Waals surface area (Å²) < 4.78 is 10.5. The minimum atomic E-state index is 0.663. The molecule has 0 saturated heterocycles. The smallest absolute Gasteiger partial charge is 0.209 e. The lowest BCUT2D eigenvalue weighted by atomic mass is 10.2. The molecule has 2 rings (SSSR count). The van der Waals surface area contributed by atoms with Crippen LogP contribution in [0.25, 0.3) is 11.4 Å². The Morgan fingerprint density at radius 1 is 1.30 bits per heavy atom. The highest BCUT2D eigenvalue weighted by Crippen LogP contribution is 2.31. The average Bonchev–Trinajstić information content (AvgIpc) is 2.95. The van der Waals surface area contributed by atoms with Crippen LogP contribution in [0.4, 0.5) is 0 Å². The molecular formula is C14H15N3O2S. The molecule has 0 atom stereocenters. The Balaban J connectivity index is 2.24. The van der Waals surface area contributed by atoms with Crippen LogP contribution >= 0.6 is 11.8 Å². The van der Waals surface area contributed by atoms with E-state index in [1.54, 1.807) is 14.2 Å². The third kappa shape index (κ3) is 3.25. The number of rotatable bonds is 5. The van der Waals surface area contributed by atoms with E-state index >= 15 is 0 Å². The van der Waals surface area contributed by atoms with Crippen LogP contribution in [0.1, 0.15) is 6.92 Å². The summed E-state index contributed by atoms with van der Waals surface area (Å²) in [4.78, 5) is 4.42. The van der Waals surface area contributed by atoms with Crippen LogP contribution in [0.3, 0.4) is 0 Å². The van der Waals surface area contributed by atoms with Gasteiger partial charge in [0.2, 0.25) is 5.16 Å². The Bertz CT molecular complexity index is 643. The molecule has 5 nitrogen and oxygen atoms in total. The van der Waals surface area contributed by atoms with Gasteiger partial charge in [0.1, 0.15) is 11.5 Å². The van der Waals surface area contributed by atoms with Crippen LogP contribution in [0.2, 0.25) is 0 Å². The van der Waals surface area contributed by atoms with Crippen molar-refractivity contribution in [3.8, 4) is 34.7 Å². The first-order chi connectivity index (χ1) is 9.78. The summed E-state index contributed by atoms with van der Waals surface area (Å²) >= 11 is 1.49. The van der Waals surface area contributed by atoms with E-state index in [1.165, 1.54) is 11.8 Å². The van der Waals surface area contributed by atoms with Gasteiger partial charge < -0.3 is 9.47 Å². The summed E-state index contributed by atoms with van der Waals surface area (Å²) in [6.45, 7) is 1.81. The maximum absolute atomic E-state index is 5.35. The van der Waals surface area contributed by atoms with Crippen molar-refractivity contribution in [2.24, 2.45) is 0 Å². The zero-order valence-corrected chi connectivity index (χ0v) is 12.4. The fourth-order valence-electron chi connectivity index (χ4n) is 1.60. The molecule has 0 unspecified atom stereocenters. The largest absolute Gasteiger partial charge is 0.497 e. The molecule has 0 radical (unpaired) electrons. The molecule has 20 heavy (non-hydrogen) atoms. The molecule has 1 N–H and O–H groups in total. The van der Waals surface area contributed by atoms with Gasteiger partial charge in [-0.1, -0.05) is 17.7 Å². The highest BCUT2D eigenvalue weighted by molar-refractivity contribution is 7.99. The number of thioether (sulfide) groups is 1. The van der Waals surface area contributed by atoms with Crippen molar-refractivity contribution in [3.05, 3.63) is 18.2 Å². The Morgan fingerprint density at radius 3 is 2.85 bits per heavy atom. The third-order valence-electron chi connectivity index (χ3n) is 2.58. The lowest BCUT2D eigenvalue weighted by Crippen LogP contribution is -1.91. The van der Waals surface area contributed by atoms with Crippen LogP contribution in [0.15, 0.2) is 23.4 Å². The van der Waals surface area contributed by atoms with E-state index in [9.17, 15) is 0 Å². The second kappa shape index (κ2) is 6.87. The van der Waals surface area contributed by atoms with Crippen LogP contribution in [0, 0.1) is 11.8 Å². The fourth-order valence-corrected chi connectivity index (χ4v) is 2.21. The zero-order chi connectivity index (χ0) is 14.4. The summed E-state index contributed by atoms with van der Waals surface area (Å²) in [5, 5.41) is 7.73. The molecule has 0 bridgehead atoms. The predicted molar refractivity (Wildman–Crippen MR) is 79.1 cm³/mol. The molecule has 1 heterocycles. The third-order valence-corrected chi connectivity index (χ3v) is 3.31. The second-order valence-corrected chi connectivity index (χ2v) is 4.69. The standard InChI is InChI=1S/C14H15N3O2S/c1-4-5-8-20-14-15-13(16-17-14)11-7-6-10(18-2)9-12(11)19-3/h6-7,9H,8H2,1-3H3,(H,15,16,17). The molecule has 0 fully saturated rings. The Kier molecular flexibility index (Phi) is 4.91. The average molecular weight is 289 g/mol. The molecule has 0 saturated carbocycles. The number of benzene rings is 1. The van der Waals surface area contributed by atoms with Crippen LogP contribution in [-0.2, 0) is 0 Å². The van der Waals surface area contributed by atoms with E-state index in [0.717, 1.165) is 11.3 Å². The molecule has 6 heteroatoms. The molecule has 0 aliphatic rings. The Hall–Kier alpha value is -2.13. The molecule has 0 aliphatic carbocycles. The molecule has 1 aromatic carbocycles. The molecule has 1 aromatic heterocycles. The van der Waals surface area contributed by atoms with Gasteiger partial charge in [0, 0.05) is 6.07 Å². The van der Waals surface area contributed by atoms with Crippen LogP contribution in [0.5, 0.6) is 11.5 Å². The number of methoxy groups -OCH3 is 2. The predicted octanol–water partition coefficient (Wildman–Crippen LogP) is 2.60. The van der Waals surface area contributed by atoms with Gasteiger partial charge in [-0.15, -0.1) is 11.0 Å². The quantitative estimate of drug-likeness (QED) is 0.677. The summed E-state index contributed by atoms with van der Waals surface area (Å²) in [6, 6.07) is 5.56. The van der Waals surface area contributed by atoms with Gasteiger partial charge in [-0.2, -0.15) is 0 Å².